The maximum Gasteiger partial charge on any atom is 0.257 e. The van der Waals surface area contributed by atoms with E-state index in [4.69, 9.17) is 4.74 Å². The molecule has 0 radical (unpaired) electrons. The predicted molar refractivity (Wildman–Crippen MR) is 89.3 cm³/mol. The molecule has 1 amide bonds. The van der Waals surface area contributed by atoms with Crippen molar-refractivity contribution in [2.24, 2.45) is 0 Å². The highest BCUT2D eigenvalue weighted by atomic mass is 19.1. The molecule has 0 bridgehead atoms. The molecule has 0 atom stereocenters. The van der Waals surface area contributed by atoms with Crippen LogP contribution in [0.3, 0.4) is 0 Å². The Morgan fingerprint density at radius 2 is 1.84 bits per heavy atom. The standard InChI is InChI=1S/C19H14F2N2O2/c20-15-7-8-17(16(21)10-15)23-19(24)14-6-9-18(22-11-14)25-12-13-4-2-1-3-5-13/h1-11H,12H2,(H,23,24). The average Bonchev–Trinajstić information content (AvgIpc) is 2.63. The lowest BCUT2D eigenvalue weighted by atomic mass is 10.2. The smallest absolute Gasteiger partial charge is 0.257 e. The fraction of sp³-hybridized carbons (Fsp3) is 0.0526. The van der Waals surface area contributed by atoms with Crippen molar-refractivity contribution in [3.8, 4) is 5.88 Å². The van der Waals surface area contributed by atoms with Gasteiger partial charge in [-0.2, -0.15) is 0 Å². The number of benzene rings is 2. The Balaban J connectivity index is 1.62. The number of hydrogen-bond donors (Lipinski definition) is 1. The van der Waals surface area contributed by atoms with Crippen molar-refractivity contribution < 1.29 is 18.3 Å². The predicted octanol–water partition coefficient (Wildman–Crippen LogP) is 4.19. The van der Waals surface area contributed by atoms with Crippen molar-refractivity contribution in [3.05, 3.63) is 89.6 Å². The first-order valence-electron chi connectivity index (χ1n) is 7.51. The van der Waals surface area contributed by atoms with Crippen LogP contribution in [-0.4, -0.2) is 10.9 Å². The van der Waals surface area contributed by atoms with Gasteiger partial charge in [-0.1, -0.05) is 30.3 Å². The molecule has 6 heteroatoms. The van der Waals surface area contributed by atoms with Gasteiger partial charge in [0.05, 0.1) is 11.3 Å². The third-order valence-corrected chi connectivity index (χ3v) is 3.41. The number of anilines is 1. The zero-order chi connectivity index (χ0) is 17.6. The molecule has 0 unspecified atom stereocenters. The summed E-state index contributed by atoms with van der Waals surface area (Å²) in [5, 5.41) is 2.37. The van der Waals surface area contributed by atoms with E-state index >= 15 is 0 Å². The summed E-state index contributed by atoms with van der Waals surface area (Å²) in [5.41, 5.74) is 1.13. The number of nitrogens with zero attached hydrogens (tertiary/aromatic N) is 1. The number of aromatic nitrogens is 1. The Hall–Kier alpha value is -3.28. The number of hydrogen-bond acceptors (Lipinski definition) is 3. The molecule has 3 rings (SSSR count). The number of halogens is 2. The van der Waals surface area contributed by atoms with Crippen molar-refractivity contribution in [1.82, 2.24) is 4.98 Å². The number of nitrogens with one attached hydrogen (secondary N) is 1. The van der Waals surface area contributed by atoms with Crippen LogP contribution in [0, 0.1) is 11.6 Å². The van der Waals surface area contributed by atoms with E-state index in [1.54, 1.807) is 6.07 Å². The van der Waals surface area contributed by atoms with Gasteiger partial charge >= 0.3 is 0 Å². The molecule has 0 saturated carbocycles. The van der Waals surface area contributed by atoms with Crippen LogP contribution in [0.25, 0.3) is 0 Å². The lowest BCUT2D eigenvalue weighted by Crippen LogP contribution is -2.13. The second-order valence-corrected chi connectivity index (χ2v) is 5.24. The van der Waals surface area contributed by atoms with Gasteiger partial charge in [0.15, 0.2) is 0 Å². The summed E-state index contributed by atoms with van der Waals surface area (Å²) >= 11 is 0. The number of ether oxygens (including phenoxy) is 1. The van der Waals surface area contributed by atoms with E-state index in [0.29, 0.717) is 18.6 Å². The summed E-state index contributed by atoms with van der Waals surface area (Å²) in [7, 11) is 0. The molecule has 25 heavy (non-hydrogen) atoms. The number of carbonyl (C=O) groups is 1. The molecule has 1 N–H and O–H groups in total. The van der Waals surface area contributed by atoms with E-state index < -0.39 is 17.5 Å². The van der Waals surface area contributed by atoms with E-state index in [0.717, 1.165) is 17.7 Å². The Morgan fingerprint density at radius 3 is 2.52 bits per heavy atom. The van der Waals surface area contributed by atoms with Crippen LogP contribution in [0.1, 0.15) is 15.9 Å². The summed E-state index contributed by atoms with van der Waals surface area (Å²) < 4.78 is 32.0. The van der Waals surface area contributed by atoms with Gasteiger partial charge in [0, 0.05) is 18.3 Å². The first-order valence-corrected chi connectivity index (χ1v) is 7.51. The van der Waals surface area contributed by atoms with Crippen molar-refractivity contribution in [1.29, 1.82) is 0 Å². The van der Waals surface area contributed by atoms with Crippen LogP contribution in [0.5, 0.6) is 5.88 Å². The highest BCUT2D eigenvalue weighted by molar-refractivity contribution is 6.04. The molecule has 3 aromatic rings. The summed E-state index contributed by atoms with van der Waals surface area (Å²) in [4.78, 5) is 16.1. The first kappa shape index (κ1) is 16.6. The Labute approximate surface area is 143 Å². The van der Waals surface area contributed by atoms with Crippen LogP contribution in [-0.2, 0) is 6.61 Å². The molecule has 2 aromatic carbocycles. The third kappa shape index (κ3) is 4.38. The largest absolute Gasteiger partial charge is 0.473 e. The minimum Gasteiger partial charge on any atom is -0.473 e. The van der Waals surface area contributed by atoms with E-state index in [2.05, 4.69) is 10.3 Å². The molecule has 1 heterocycles. The highest BCUT2D eigenvalue weighted by Crippen LogP contribution is 2.17. The summed E-state index contributed by atoms with van der Waals surface area (Å²) in [5.74, 6) is -1.73. The number of carbonyl (C=O) groups excluding carboxylic acids is 1. The molecule has 4 nitrogen and oxygen atoms in total. The molecule has 126 valence electrons. The van der Waals surface area contributed by atoms with Gasteiger partial charge in [-0.15, -0.1) is 0 Å². The van der Waals surface area contributed by atoms with Crippen LogP contribution < -0.4 is 10.1 Å². The summed E-state index contributed by atoms with van der Waals surface area (Å²) in [6, 6.07) is 15.6. The van der Waals surface area contributed by atoms with Gasteiger partial charge in [-0.3, -0.25) is 4.79 Å². The molecular formula is C19H14F2N2O2. The first-order chi connectivity index (χ1) is 12.1. The van der Waals surface area contributed by atoms with Gasteiger partial charge in [0.1, 0.15) is 18.2 Å². The van der Waals surface area contributed by atoms with Crippen LogP contribution in [0.4, 0.5) is 14.5 Å². The van der Waals surface area contributed by atoms with Crippen LogP contribution >= 0.6 is 0 Å². The van der Waals surface area contributed by atoms with Crippen molar-refractivity contribution in [2.45, 2.75) is 6.61 Å². The van der Waals surface area contributed by atoms with Crippen molar-refractivity contribution in [3.63, 3.8) is 0 Å². The fourth-order valence-electron chi connectivity index (χ4n) is 2.12. The van der Waals surface area contributed by atoms with Crippen LogP contribution in [0.15, 0.2) is 66.9 Å². The molecular weight excluding hydrogens is 326 g/mol. The lowest BCUT2D eigenvalue weighted by Gasteiger charge is -2.08. The molecule has 0 saturated heterocycles. The van der Waals surface area contributed by atoms with Crippen molar-refractivity contribution >= 4 is 11.6 Å². The molecule has 0 spiro atoms. The minimum absolute atomic E-state index is 0.101. The molecule has 0 fully saturated rings. The average molecular weight is 340 g/mol. The lowest BCUT2D eigenvalue weighted by molar-refractivity contribution is 0.102. The monoisotopic (exact) mass is 340 g/mol. The van der Waals surface area contributed by atoms with Crippen LogP contribution in [0.2, 0.25) is 0 Å². The quantitative estimate of drug-likeness (QED) is 0.758. The van der Waals surface area contributed by atoms with E-state index in [-0.39, 0.29) is 11.3 Å². The van der Waals surface area contributed by atoms with E-state index in [9.17, 15) is 13.6 Å². The Kier molecular flexibility index (Phi) is 4.99. The Morgan fingerprint density at radius 1 is 1.04 bits per heavy atom. The summed E-state index contributed by atoms with van der Waals surface area (Å²) in [6.07, 6.45) is 1.33. The van der Waals surface area contributed by atoms with E-state index in [1.807, 2.05) is 30.3 Å². The van der Waals surface area contributed by atoms with Gasteiger partial charge in [0.25, 0.3) is 5.91 Å². The normalized spacial score (nSPS) is 10.3. The highest BCUT2D eigenvalue weighted by Gasteiger charge is 2.11. The summed E-state index contributed by atoms with van der Waals surface area (Å²) in [6.45, 7) is 0.361. The van der Waals surface area contributed by atoms with Gasteiger partial charge in [-0.05, 0) is 23.8 Å². The zero-order valence-corrected chi connectivity index (χ0v) is 13.1. The van der Waals surface area contributed by atoms with E-state index in [1.165, 1.54) is 12.3 Å². The topological polar surface area (TPSA) is 51.2 Å². The maximum absolute atomic E-state index is 13.6. The molecule has 0 aliphatic rings. The SMILES string of the molecule is O=C(Nc1ccc(F)cc1F)c1ccc(OCc2ccccc2)nc1. The second-order valence-electron chi connectivity index (χ2n) is 5.24. The molecule has 0 aliphatic heterocycles. The number of rotatable bonds is 5. The van der Waals surface area contributed by atoms with Gasteiger partial charge in [-0.25, -0.2) is 13.8 Å². The molecule has 0 aliphatic carbocycles. The second kappa shape index (κ2) is 7.53. The molecule has 1 aromatic heterocycles. The van der Waals surface area contributed by atoms with Gasteiger partial charge < -0.3 is 10.1 Å². The number of amides is 1. The fourth-order valence-corrected chi connectivity index (χ4v) is 2.12. The maximum atomic E-state index is 13.6. The van der Waals surface area contributed by atoms with Gasteiger partial charge in [0.2, 0.25) is 5.88 Å². The van der Waals surface area contributed by atoms with Crippen molar-refractivity contribution in [2.75, 3.05) is 5.32 Å². The Bertz CT molecular complexity index is 868. The minimum atomic E-state index is -0.843. The zero-order valence-electron chi connectivity index (χ0n) is 13.1. The third-order valence-electron chi connectivity index (χ3n) is 3.41. The number of pyridine rings is 1.